The summed E-state index contributed by atoms with van der Waals surface area (Å²) in [6.45, 7) is 4.88. The van der Waals surface area contributed by atoms with Gasteiger partial charge in [-0.05, 0) is 57.8 Å². The molecule has 0 saturated heterocycles. The van der Waals surface area contributed by atoms with Crippen molar-refractivity contribution in [3.63, 3.8) is 0 Å². The van der Waals surface area contributed by atoms with Gasteiger partial charge in [0.15, 0.2) is 0 Å². The number of aliphatic hydroxyl groups excluding tert-OH is 2. The third-order valence-corrected chi connectivity index (χ3v) is 15.4. The second-order valence-corrected chi connectivity index (χ2v) is 22.8. The second kappa shape index (κ2) is 63.6. The number of hydrogen-bond acceptors (Lipinski definition) is 5. The van der Waals surface area contributed by atoms with Crippen molar-refractivity contribution in [1.29, 1.82) is 0 Å². The molecule has 0 bridgehead atoms. The number of rotatable bonds is 62. The van der Waals surface area contributed by atoms with E-state index in [0.717, 1.165) is 51.4 Å². The molecule has 0 heterocycles. The predicted octanol–water partition coefficient (Wildman–Crippen LogP) is 21.1. The minimum atomic E-state index is -0.843. The van der Waals surface area contributed by atoms with Crippen LogP contribution >= 0.6 is 0 Å². The highest BCUT2D eigenvalue weighted by Crippen LogP contribution is 2.18. The molecule has 436 valence electrons. The molecule has 0 aliphatic heterocycles. The highest BCUT2D eigenvalue weighted by Gasteiger charge is 2.18. The number of ether oxygens (including phenoxy) is 1. The number of esters is 1. The second-order valence-electron chi connectivity index (χ2n) is 22.8. The highest BCUT2D eigenvalue weighted by atomic mass is 16.5. The van der Waals surface area contributed by atoms with Crippen LogP contribution in [-0.4, -0.2) is 47.4 Å². The maximum absolute atomic E-state index is 12.5. The summed E-state index contributed by atoms with van der Waals surface area (Å²) in [7, 11) is 0. The number of carbonyl (C=O) groups is 2. The normalized spacial score (nSPS) is 12.8. The van der Waals surface area contributed by atoms with Crippen LogP contribution < -0.4 is 5.32 Å². The summed E-state index contributed by atoms with van der Waals surface area (Å²) in [5.74, 6) is -0.0611. The summed E-state index contributed by atoms with van der Waals surface area (Å²) in [5.41, 5.74) is 0. The maximum Gasteiger partial charge on any atom is 0.305 e. The summed E-state index contributed by atoms with van der Waals surface area (Å²) < 4.78 is 5.48. The number of aliphatic hydroxyl groups is 2. The molecular weight excluding hydrogens is 911 g/mol. The standard InChI is InChI=1S/C68H129NO5/c1-3-5-7-9-11-13-15-17-19-30-33-36-40-44-48-52-56-60-66(71)65(64-70)69-67(72)61-57-53-49-45-41-37-34-31-28-26-24-22-20-21-23-25-27-29-32-35-39-43-47-51-55-59-63-74-68(73)62-58-54-50-46-42-38-18-16-14-12-10-8-6-4-2/h10,12,16,18,56,60,65-66,70-71H,3-9,11,13-15,17,19-55,57-59,61-64H2,1-2H3,(H,69,72)/b12-10-,18-16-,60-56+. The molecule has 6 heteroatoms. The van der Waals surface area contributed by atoms with Gasteiger partial charge in [-0.15, -0.1) is 0 Å². The lowest BCUT2D eigenvalue weighted by molar-refractivity contribution is -0.143. The van der Waals surface area contributed by atoms with Crippen molar-refractivity contribution in [3.05, 3.63) is 36.5 Å². The Labute approximate surface area is 462 Å². The van der Waals surface area contributed by atoms with Gasteiger partial charge in [-0.3, -0.25) is 9.59 Å². The largest absolute Gasteiger partial charge is 0.466 e. The van der Waals surface area contributed by atoms with Crippen LogP contribution in [0, 0.1) is 0 Å². The fourth-order valence-corrected chi connectivity index (χ4v) is 10.3. The minimum absolute atomic E-state index is 0.00238. The molecule has 0 aliphatic rings. The number of amides is 1. The van der Waals surface area contributed by atoms with Crippen molar-refractivity contribution in [3.8, 4) is 0 Å². The number of allylic oxidation sites excluding steroid dienone is 5. The molecule has 6 nitrogen and oxygen atoms in total. The molecule has 0 aliphatic carbocycles. The van der Waals surface area contributed by atoms with Gasteiger partial charge in [-0.25, -0.2) is 0 Å². The average Bonchev–Trinajstić information content (AvgIpc) is 3.40. The van der Waals surface area contributed by atoms with E-state index in [1.54, 1.807) is 6.08 Å². The Morgan fingerprint density at radius 2 is 0.689 bits per heavy atom. The first kappa shape index (κ1) is 72.1. The lowest BCUT2D eigenvalue weighted by Gasteiger charge is -2.20. The van der Waals surface area contributed by atoms with E-state index in [1.807, 2.05) is 6.08 Å². The van der Waals surface area contributed by atoms with E-state index in [1.165, 1.54) is 283 Å². The highest BCUT2D eigenvalue weighted by molar-refractivity contribution is 5.76. The summed E-state index contributed by atoms with van der Waals surface area (Å²) >= 11 is 0. The summed E-state index contributed by atoms with van der Waals surface area (Å²) in [6.07, 6.45) is 80.6. The molecule has 0 aromatic heterocycles. The van der Waals surface area contributed by atoms with Gasteiger partial charge in [0.25, 0.3) is 0 Å². The SMILES string of the molecule is CCCC/C=C\C/C=C\CCCCCCCC(=O)OCCCCCCCCCCCCCCCCCCCCCCCCCCCCC(=O)NC(CO)C(O)/C=C/CCCCCCCCCCCCCCCCC. The van der Waals surface area contributed by atoms with Crippen LogP contribution in [0.4, 0.5) is 0 Å². The fraction of sp³-hybridized carbons (Fsp3) is 0.882. The summed E-state index contributed by atoms with van der Waals surface area (Å²) in [5, 5.41) is 23.2. The van der Waals surface area contributed by atoms with Gasteiger partial charge in [0.1, 0.15) is 0 Å². The summed E-state index contributed by atoms with van der Waals surface area (Å²) in [4.78, 5) is 24.5. The number of unbranched alkanes of at least 4 members (excludes halogenated alkanes) is 47. The van der Waals surface area contributed by atoms with E-state index in [4.69, 9.17) is 4.74 Å². The Bertz CT molecular complexity index is 1200. The van der Waals surface area contributed by atoms with Gasteiger partial charge in [-0.2, -0.15) is 0 Å². The first-order valence-electron chi connectivity index (χ1n) is 33.3. The van der Waals surface area contributed by atoms with Crippen LogP contribution in [0.25, 0.3) is 0 Å². The number of carbonyl (C=O) groups excluding carboxylic acids is 2. The first-order chi connectivity index (χ1) is 36.5. The quantitative estimate of drug-likeness (QED) is 0.0320. The molecule has 0 aromatic rings. The lowest BCUT2D eigenvalue weighted by Crippen LogP contribution is -2.45. The van der Waals surface area contributed by atoms with Gasteiger partial charge < -0.3 is 20.3 Å². The van der Waals surface area contributed by atoms with E-state index < -0.39 is 12.1 Å². The average molecular weight is 1040 g/mol. The summed E-state index contributed by atoms with van der Waals surface area (Å²) in [6, 6.07) is -0.626. The molecule has 3 N–H and O–H groups in total. The van der Waals surface area contributed by atoms with E-state index in [2.05, 4.69) is 43.5 Å². The van der Waals surface area contributed by atoms with Crippen molar-refractivity contribution in [2.45, 2.75) is 373 Å². The molecule has 1 amide bonds. The first-order valence-corrected chi connectivity index (χ1v) is 33.3. The molecule has 0 aromatic carbocycles. The van der Waals surface area contributed by atoms with Crippen LogP contribution in [-0.2, 0) is 14.3 Å². The predicted molar refractivity (Wildman–Crippen MR) is 324 cm³/mol. The van der Waals surface area contributed by atoms with Crippen molar-refractivity contribution in [2.24, 2.45) is 0 Å². The smallest absolute Gasteiger partial charge is 0.305 e. The third-order valence-electron chi connectivity index (χ3n) is 15.4. The molecule has 2 unspecified atom stereocenters. The fourth-order valence-electron chi connectivity index (χ4n) is 10.3. The monoisotopic (exact) mass is 1040 g/mol. The van der Waals surface area contributed by atoms with E-state index in [0.29, 0.717) is 19.4 Å². The maximum atomic E-state index is 12.5. The van der Waals surface area contributed by atoms with Crippen LogP contribution in [0.15, 0.2) is 36.5 Å². The van der Waals surface area contributed by atoms with E-state index in [9.17, 15) is 19.8 Å². The molecule has 2 atom stereocenters. The molecule has 0 spiro atoms. The van der Waals surface area contributed by atoms with Crippen LogP contribution in [0.1, 0.15) is 361 Å². The van der Waals surface area contributed by atoms with Gasteiger partial charge >= 0.3 is 5.97 Å². The zero-order valence-corrected chi connectivity index (χ0v) is 49.8. The van der Waals surface area contributed by atoms with Crippen molar-refractivity contribution >= 4 is 11.9 Å². The van der Waals surface area contributed by atoms with E-state index >= 15 is 0 Å². The topological polar surface area (TPSA) is 95.9 Å². The number of nitrogens with one attached hydrogen (secondary N) is 1. The van der Waals surface area contributed by atoms with Gasteiger partial charge in [0, 0.05) is 12.8 Å². The molecule has 0 rings (SSSR count). The Hall–Kier alpha value is -1.92. The zero-order valence-electron chi connectivity index (χ0n) is 49.8. The Kier molecular flexibility index (Phi) is 62.0. The van der Waals surface area contributed by atoms with Gasteiger partial charge in [-0.1, -0.05) is 326 Å². The minimum Gasteiger partial charge on any atom is -0.466 e. The Balaban J connectivity index is 3.38. The number of hydrogen-bond donors (Lipinski definition) is 3. The van der Waals surface area contributed by atoms with Crippen molar-refractivity contribution < 1.29 is 24.5 Å². The molecular formula is C68H129NO5. The molecule has 74 heavy (non-hydrogen) atoms. The van der Waals surface area contributed by atoms with Gasteiger partial charge in [0.2, 0.25) is 5.91 Å². The molecule has 0 radical (unpaired) electrons. The third kappa shape index (κ3) is 59.3. The van der Waals surface area contributed by atoms with Gasteiger partial charge in [0.05, 0.1) is 25.4 Å². The van der Waals surface area contributed by atoms with Crippen molar-refractivity contribution in [1.82, 2.24) is 5.32 Å². The van der Waals surface area contributed by atoms with E-state index in [-0.39, 0.29) is 18.5 Å². The molecule has 0 fully saturated rings. The Morgan fingerprint density at radius 3 is 1.07 bits per heavy atom. The van der Waals surface area contributed by atoms with Crippen LogP contribution in [0.3, 0.4) is 0 Å². The Morgan fingerprint density at radius 1 is 0.378 bits per heavy atom. The van der Waals surface area contributed by atoms with Crippen molar-refractivity contribution in [2.75, 3.05) is 13.2 Å². The zero-order chi connectivity index (χ0) is 53.6. The lowest BCUT2D eigenvalue weighted by atomic mass is 10.0. The van der Waals surface area contributed by atoms with Crippen LogP contribution in [0.5, 0.6) is 0 Å². The van der Waals surface area contributed by atoms with Crippen LogP contribution in [0.2, 0.25) is 0 Å². The molecule has 0 saturated carbocycles.